The maximum absolute atomic E-state index is 12.2. The summed E-state index contributed by atoms with van der Waals surface area (Å²) < 4.78 is 29.6. The van der Waals surface area contributed by atoms with E-state index in [0.29, 0.717) is 4.31 Å². The third kappa shape index (κ3) is 3.48. The number of ether oxygens (including phenoxy) is 1. The number of amides is 4. The van der Waals surface area contributed by atoms with Crippen molar-refractivity contribution in [2.24, 2.45) is 0 Å². The number of methoxy groups -OCH3 is 1. The highest BCUT2D eigenvalue weighted by molar-refractivity contribution is 7.90. The van der Waals surface area contributed by atoms with Crippen LogP contribution in [-0.2, 0) is 19.6 Å². The highest BCUT2D eigenvalue weighted by Crippen LogP contribution is 2.29. The molecular formula is C13H15N3O6S. The van der Waals surface area contributed by atoms with Crippen molar-refractivity contribution >= 4 is 27.9 Å². The lowest BCUT2D eigenvalue weighted by Gasteiger charge is -2.14. The van der Waals surface area contributed by atoms with Crippen LogP contribution in [0.15, 0.2) is 29.2 Å². The van der Waals surface area contributed by atoms with Gasteiger partial charge in [-0.05, 0) is 12.1 Å². The van der Waals surface area contributed by atoms with Gasteiger partial charge in [-0.2, -0.15) is 0 Å². The molecule has 0 saturated carbocycles. The van der Waals surface area contributed by atoms with Gasteiger partial charge in [0.2, 0.25) is 5.91 Å². The Bertz CT molecular complexity index is 746. The topological polar surface area (TPSA) is 122 Å². The largest absolute Gasteiger partial charge is 0.383 e. The van der Waals surface area contributed by atoms with Gasteiger partial charge in [0.05, 0.1) is 12.2 Å². The summed E-state index contributed by atoms with van der Waals surface area (Å²) in [5, 5.41) is 4.29. The van der Waals surface area contributed by atoms with Gasteiger partial charge in [0.25, 0.3) is 15.9 Å². The number of carbonyl (C=O) groups excluding carboxylic acids is 3. The van der Waals surface area contributed by atoms with Crippen LogP contribution in [0.3, 0.4) is 0 Å². The summed E-state index contributed by atoms with van der Waals surface area (Å²) in [5.74, 6) is -1.71. The van der Waals surface area contributed by atoms with Gasteiger partial charge in [0, 0.05) is 13.7 Å². The molecule has 2 N–H and O–H groups in total. The minimum atomic E-state index is -4.08. The number of carbonyl (C=O) groups is 3. The Morgan fingerprint density at radius 1 is 1.26 bits per heavy atom. The van der Waals surface area contributed by atoms with Crippen LogP contribution in [0.1, 0.15) is 10.4 Å². The Morgan fingerprint density at radius 2 is 1.96 bits per heavy atom. The first-order valence-corrected chi connectivity index (χ1v) is 8.04. The Hall–Kier alpha value is -2.46. The molecule has 0 atom stereocenters. The summed E-state index contributed by atoms with van der Waals surface area (Å²) in [4.78, 5) is 35.1. The summed E-state index contributed by atoms with van der Waals surface area (Å²) in [7, 11) is -2.63. The van der Waals surface area contributed by atoms with E-state index in [1.165, 1.54) is 31.4 Å². The van der Waals surface area contributed by atoms with E-state index in [4.69, 9.17) is 4.74 Å². The molecule has 0 bridgehead atoms. The molecule has 0 aromatic heterocycles. The van der Waals surface area contributed by atoms with E-state index in [9.17, 15) is 22.8 Å². The molecule has 0 saturated heterocycles. The first-order valence-electron chi connectivity index (χ1n) is 6.60. The zero-order chi connectivity index (χ0) is 17.0. The lowest BCUT2D eigenvalue weighted by molar-refractivity contribution is -0.119. The fourth-order valence-corrected chi connectivity index (χ4v) is 3.52. The fourth-order valence-electron chi connectivity index (χ4n) is 1.99. The summed E-state index contributed by atoms with van der Waals surface area (Å²) >= 11 is 0. The van der Waals surface area contributed by atoms with Crippen LogP contribution in [-0.4, -0.2) is 57.4 Å². The van der Waals surface area contributed by atoms with Crippen LogP contribution in [0, 0.1) is 0 Å². The van der Waals surface area contributed by atoms with Crippen molar-refractivity contribution in [3.8, 4) is 0 Å². The second-order valence-corrected chi connectivity index (χ2v) is 6.44. The lowest BCUT2D eigenvalue weighted by Crippen LogP contribution is -2.46. The Morgan fingerprint density at radius 3 is 2.61 bits per heavy atom. The van der Waals surface area contributed by atoms with Gasteiger partial charge < -0.3 is 10.1 Å². The van der Waals surface area contributed by atoms with Crippen molar-refractivity contribution < 1.29 is 27.5 Å². The zero-order valence-electron chi connectivity index (χ0n) is 12.2. The second kappa shape index (κ2) is 6.75. The lowest BCUT2D eigenvalue weighted by atomic mass is 10.2. The third-order valence-electron chi connectivity index (χ3n) is 3.04. The SMILES string of the molecule is COCCNC(=O)NC(=O)CN1C(=O)c2ccccc2S1(=O)=O. The number of urea groups is 1. The van der Waals surface area contributed by atoms with Crippen LogP contribution in [0.5, 0.6) is 0 Å². The number of fused-ring (bicyclic) bond motifs is 1. The molecule has 23 heavy (non-hydrogen) atoms. The van der Waals surface area contributed by atoms with Crippen LogP contribution in [0.25, 0.3) is 0 Å². The van der Waals surface area contributed by atoms with Crippen molar-refractivity contribution in [3.05, 3.63) is 29.8 Å². The molecule has 0 radical (unpaired) electrons. The van der Waals surface area contributed by atoms with E-state index in [1.807, 2.05) is 5.32 Å². The minimum absolute atomic E-state index is 0.00449. The maximum atomic E-state index is 12.2. The smallest absolute Gasteiger partial charge is 0.321 e. The molecule has 1 aromatic rings. The van der Waals surface area contributed by atoms with E-state index in [1.54, 1.807) is 0 Å². The normalized spacial score (nSPS) is 15.2. The molecule has 0 spiro atoms. The van der Waals surface area contributed by atoms with Gasteiger partial charge in [0.15, 0.2) is 0 Å². The van der Waals surface area contributed by atoms with Crippen LogP contribution < -0.4 is 10.6 Å². The quantitative estimate of drug-likeness (QED) is 0.683. The van der Waals surface area contributed by atoms with E-state index in [-0.39, 0.29) is 23.6 Å². The van der Waals surface area contributed by atoms with Gasteiger partial charge in [0.1, 0.15) is 11.4 Å². The second-order valence-electron chi connectivity index (χ2n) is 4.61. The zero-order valence-corrected chi connectivity index (χ0v) is 13.1. The van der Waals surface area contributed by atoms with Crippen LogP contribution >= 0.6 is 0 Å². The average molecular weight is 341 g/mol. The predicted octanol–water partition coefficient (Wildman–Crippen LogP) is -0.697. The predicted molar refractivity (Wildman–Crippen MR) is 78.1 cm³/mol. The van der Waals surface area contributed by atoms with Crippen molar-refractivity contribution in [2.75, 3.05) is 26.8 Å². The molecule has 124 valence electrons. The Kier molecular flexibility index (Phi) is 4.96. The number of rotatable bonds is 5. The number of hydrogen-bond donors (Lipinski definition) is 2. The highest BCUT2D eigenvalue weighted by Gasteiger charge is 2.41. The number of benzene rings is 1. The van der Waals surface area contributed by atoms with E-state index in [2.05, 4.69) is 5.32 Å². The molecule has 2 rings (SSSR count). The number of nitrogens with one attached hydrogen (secondary N) is 2. The number of hydrogen-bond acceptors (Lipinski definition) is 6. The summed E-state index contributed by atoms with van der Waals surface area (Å²) in [6.07, 6.45) is 0. The van der Waals surface area contributed by atoms with E-state index in [0.717, 1.165) is 0 Å². The van der Waals surface area contributed by atoms with Crippen molar-refractivity contribution in [3.63, 3.8) is 0 Å². The average Bonchev–Trinajstić information content (AvgIpc) is 2.69. The first-order chi connectivity index (χ1) is 10.9. The molecule has 1 aliphatic heterocycles. The number of nitrogens with zero attached hydrogens (tertiary/aromatic N) is 1. The van der Waals surface area contributed by atoms with Crippen molar-refractivity contribution in [2.45, 2.75) is 4.90 Å². The summed E-state index contributed by atoms with van der Waals surface area (Å²) in [5.41, 5.74) is 0.00449. The van der Waals surface area contributed by atoms with Gasteiger partial charge in [-0.3, -0.25) is 14.9 Å². The highest BCUT2D eigenvalue weighted by atomic mass is 32.2. The third-order valence-corrected chi connectivity index (χ3v) is 4.83. The molecule has 1 aromatic carbocycles. The maximum Gasteiger partial charge on any atom is 0.321 e. The van der Waals surface area contributed by atoms with E-state index >= 15 is 0 Å². The van der Waals surface area contributed by atoms with Gasteiger partial charge >= 0.3 is 6.03 Å². The molecule has 1 aliphatic rings. The summed E-state index contributed by atoms with van der Waals surface area (Å²) in [6.45, 7) is -0.328. The Balaban J connectivity index is 2.03. The van der Waals surface area contributed by atoms with Gasteiger partial charge in [-0.25, -0.2) is 17.5 Å². The van der Waals surface area contributed by atoms with Gasteiger partial charge in [-0.15, -0.1) is 0 Å². The summed E-state index contributed by atoms with van der Waals surface area (Å²) in [6, 6.07) is 4.87. The number of imide groups is 1. The fraction of sp³-hybridized carbons (Fsp3) is 0.308. The number of sulfonamides is 1. The molecule has 0 aliphatic carbocycles. The molecule has 0 unspecified atom stereocenters. The Labute approximate surface area is 132 Å². The standard InChI is InChI=1S/C13H15N3O6S/c1-22-7-6-14-13(19)15-11(17)8-16-12(18)9-4-2-3-5-10(9)23(16,20)21/h2-5H,6-8H2,1H3,(H2,14,15,17,19). The monoisotopic (exact) mass is 341 g/mol. The minimum Gasteiger partial charge on any atom is -0.383 e. The van der Waals surface area contributed by atoms with Gasteiger partial charge in [-0.1, -0.05) is 12.1 Å². The van der Waals surface area contributed by atoms with E-state index < -0.39 is 34.4 Å². The molecule has 10 heteroatoms. The molecule has 9 nitrogen and oxygen atoms in total. The van der Waals surface area contributed by atoms with Crippen LogP contribution in [0.2, 0.25) is 0 Å². The van der Waals surface area contributed by atoms with Crippen molar-refractivity contribution in [1.29, 1.82) is 0 Å². The first kappa shape index (κ1) is 16.9. The molecule has 1 heterocycles. The molecule has 4 amide bonds. The van der Waals surface area contributed by atoms with Crippen molar-refractivity contribution in [1.82, 2.24) is 14.9 Å². The molecule has 0 fully saturated rings. The van der Waals surface area contributed by atoms with Crippen LogP contribution in [0.4, 0.5) is 4.79 Å². The molecular weight excluding hydrogens is 326 g/mol.